The average Bonchev–Trinajstić information content (AvgIpc) is 3.46. The van der Waals surface area contributed by atoms with Gasteiger partial charge in [0.25, 0.3) is 0 Å². The summed E-state index contributed by atoms with van der Waals surface area (Å²) in [6.45, 7) is 5.28. The van der Waals surface area contributed by atoms with Crippen molar-refractivity contribution in [3.8, 4) is 0 Å². The van der Waals surface area contributed by atoms with Crippen molar-refractivity contribution in [2.45, 2.75) is 310 Å². The molecule has 15 heteroatoms. The summed E-state index contributed by atoms with van der Waals surface area (Å²) in [5.41, 5.74) is -2.65. The highest BCUT2D eigenvalue weighted by molar-refractivity contribution is 8.00. The van der Waals surface area contributed by atoms with Gasteiger partial charge in [0.05, 0.1) is 36.9 Å². The third-order valence-electron chi connectivity index (χ3n) is 14.7. The van der Waals surface area contributed by atoms with Crippen molar-refractivity contribution in [3.05, 3.63) is 31.5 Å². The van der Waals surface area contributed by atoms with Crippen LogP contribution < -0.4 is 17.1 Å². The van der Waals surface area contributed by atoms with E-state index in [4.69, 9.17) is 14.2 Å². The number of hydrogen-bond acceptors (Lipinski definition) is 12. The minimum absolute atomic E-state index is 0.170. The van der Waals surface area contributed by atoms with Gasteiger partial charge in [-0.25, -0.2) is 28.1 Å². The third-order valence-corrected chi connectivity index (χ3v) is 17.8. The van der Waals surface area contributed by atoms with Crippen LogP contribution in [0.15, 0.2) is 14.4 Å². The molecule has 0 radical (unpaired) electrons. The Balaban J connectivity index is 2.55. The molecule has 0 N–H and O–H groups in total. The van der Waals surface area contributed by atoms with Gasteiger partial charge in [0, 0.05) is 0 Å². The molecule has 0 aliphatic rings. The fourth-order valence-electron chi connectivity index (χ4n) is 9.80. The van der Waals surface area contributed by atoms with Crippen LogP contribution in [0.1, 0.15) is 290 Å². The predicted octanol–water partition coefficient (Wildman–Crippen LogP) is 16.4. The van der Waals surface area contributed by atoms with Gasteiger partial charge in [0.2, 0.25) is 0 Å². The number of thioether (sulfide) groups is 3. The Morgan fingerprint density at radius 2 is 0.449 bits per heavy atom. The number of ether oxygens (including phenoxy) is 3. The molecule has 1 rings (SSSR count). The zero-order chi connectivity index (χ0) is 56.6. The highest BCUT2D eigenvalue weighted by Crippen LogP contribution is 2.18. The maximum Gasteiger partial charge on any atom is 0.336 e. The van der Waals surface area contributed by atoms with Crippen LogP contribution in [0.5, 0.6) is 0 Å². The Hall–Kier alpha value is -2.13. The SMILES string of the molecule is CCCCCCCCCCCCCCCCSCC(=O)OCCn1c(=O)n(CCOC(=O)CSCCCCCCCCCCCCCCCC)c(=O)n(CCOC(=O)CSCCCCCCCCCCCCCCCC)c1=O. The quantitative estimate of drug-likeness (QED) is 0.0348. The minimum atomic E-state index is -0.885. The van der Waals surface area contributed by atoms with Crippen LogP contribution in [0.25, 0.3) is 0 Å². The van der Waals surface area contributed by atoms with Crippen LogP contribution in [-0.4, -0.2) is 85.9 Å². The lowest BCUT2D eigenvalue weighted by Gasteiger charge is -2.14. The predicted molar refractivity (Wildman–Crippen MR) is 335 cm³/mol. The fraction of sp³-hybridized carbons (Fsp3) is 0.905. The normalized spacial score (nSPS) is 11.4. The van der Waals surface area contributed by atoms with Crippen molar-refractivity contribution in [2.24, 2.45) is 0 Å². The molecule has 456 valence electrons. The molecule has 0 bridgehead atoms. The molecule has 12 nitrogen and oxygen atoms in total. The van der Waals surface area contributed by atoms with Crippen molar-refractivity contribution in [2.75, 3.05) is 54.3 Å². The number of rotatable bonds is 60. The average molecular weight is 1160 g/mol. The van der Waals surface area contributed by atoms with Gasteiger partial charge >= 0.3 is 35.0 Å². The lowest BCUT2D eigenvalue weighted by atomic mass is 10.0. The van der Waals surface area contributed by atoms with E-state index in [1.54, 1.807) is 0 Å². The van der Waals surface area contributed by atoms with Gasteiger partial charge in [0.1, 0.15) is 19.8 Å². The molecule has 1 aromatic rings. The molecule has 0 atom stereocenters. The topological polar surface area (TPSA) is 145 Å². The van der Waals surface area contributed by atoms with Crippen LogP contribution in [0.2, 0.25) is 0 Å². The number of nitrogens with zero attached hydrogens (tertiary/aromatic N) is 3. The Morgan fingerprint density at radius 1 is 0.282 bits per heavy atom. The van der Waals surface area contributed by atoms with Crippen molar-refractivity contribution in [1.29, 1.82) is 0 Å². The summed E-state index contributed by atoms with van der Waals surface area (Å²) in [5, 5.41) is 0. The second-order valence-corrected chi connectivity index (χ2v) is 25.2. The first kappa shape index (κ1) is 73.9. The lowest BCUT2D eigenvalue weighted by Crippen LogP contribution is -2.55. The number of hydrogen-bond donors (Lipinski definition) is 0. The Kier molecular flexibility index (Phi) is 53.7. The first-order valence-corrected chi connectivity index (χ1v) is 35.9. The molecule has 0 saturated heterocycles. The fourth-order valence-corrected chi connectivity index (χ4v) is 12.2. The largest absolute Gasteiger partial charge is 0.463 e. The summed E-state index contributed by atoms with van der Waals surface area (Å²) >= 11 is 4.55. The monoisotopic (exact) mass is 1160 g/mol. The van der Waals surface area contributed by atoms with Gasteiger partial charge in [-0.2, -0.15) is 35.3 Å². The molecule has 0 spiro atoms. The second kappa shape index (κ2) is 56.7. The highest BCUT2D eigenvalue weighted by Gasteiger charge is 2.18. The summed E-state index contributed by atoms with van der Waals surface area (Å²) in [6, 6.07) is 0. The zero-order valence-corrected chi connectivity index (χ0v) is 52.9. The van der Waals surface area contributed by atoms with Crippen LogP contribution in [0.4, 0.5) is 0 Å². The van der Waals surface area contributed by atoms with E-state index < -0.39 is 35.0 Å². The summed E-state index contributed by atoms with van der Waals surface area (Å²) in [4.78, 5) is 78.8. The van der Waals surface area contributed by atoms with E-state index in [1.807, 2.05) is 0 Å². The van der Waals surface area contributed by atoms with E-state index in [0.29, 0.717) is 0 Å². The van der Waals surface area contributed by atoms with Gasteiger partial charge in [0.15, 0.2) is 0 Å². The molecule has 0 amide bonds. The third kappa shape index (κ3) is 44.5. The van der Waals surface area contributed by atoms with E-state index >= 15 is 0 Å². The molecule has 78 heavy (non-hydrogen) atoms. The van der Waals surface area contributed by atoms with Crippen molar-refractivity contribution in [1.82, 2.24) is 13.7 Å². The maximum absolute atomic E-state index is 13.6. The molecular weight excluding hydrogens is 1040 g/mol. The maximum atomic E-state index is 13.6. The Labute approximate surface area is 488 Å². The zero-order valence-electron chi connectivity index (χ0n) is 50.4. The second-order valence-electron chi connectivity index (χ2n) is 21.9. The summed E-state index contributed by atoms with van der Waals surface area (Å²) in [6.07, 6.45) is 54.4. The highest BCUT2D eigenvalue weighted by atomic mass is 32.2. The van der Waals surface area contributed by atoms with Gasteiger partial charge in [-0.05, 0) is 36.5 Å². The van der Waals surface area contributed by atoms with E-state index in [0.717, 1.165) is 69.5 Å². The van der Waals surface area contributed by atoms with Crippen LogP contribution >= 0.6 is 35.3 Å². The molecule has 0 unspecified atom stereocenters. The van der Waals surface area contributed by atoms with Crippen molar-refractivity contribution < 1.29 is 28.6 Å². The molecule has 0 saturated carbocycles. The van der Waals surface area contributed by atoms with E-state index in [2.05, 4.69) is 20.8 Å². The van der Waals surface area contributed by atoms with Gasteiger partial charge in [-0.1, -0.05) is 271 Å². The molecule has 0 aromatic carbocycles. The number of unbranched alkanes of at least 4 members (excludes halogenated alkanes) is 39. The van der Waals surface area contributed by atoms with Gasteiger partial charge in [-0.15, -0.1) is 0 Å². The number of aromatic nitrogens is 3. The Bertz CT molecular complexity index is 1510. The molecular formula is C63H117N3O9S3. The molecule has 0 aliphatic carbocycles. The van der Waals surface area contributed by atoms with Crippen LogP contribution in [-0.2, 0) is 48.2 Å². The molecule has 0 fully saturated rings. The number of carbonyl (C=O) groups is 3. The number of esters is 3. The standard InChI is InChI=1S/C63H117N3O9S3/c1-4-7-10-13-16-19-22-25-28-31-34-37-40-43-52-76-55-58(67)73-49-46-64-61(70)65(47-50-74-59(68)56-77-53-44-41-38-35-32-29-26-23-20-17-14-11-8-5-2)63(72)66(62(64)71)48-51-75-60(69)57-78-54-45-42-39-36-33-30-27-24-21-18-15-12-9-6-3/h4-57H2,1-3H3. The van der Waals surface area contributed by atoms with Gasteiger partial charge in [-0.3, -0.25) is 14.4 Å². The lowest BCUT2D eigenvalue weighted by molar-refractivity contribution is -0.141. The van der Waals surface area contributed by atoms with E-state index in [1.165, 1.54) is 266 Å². The number of carbonyl (C=O) groups excluding carboxylic acids is 3. The molecule has 1 heterocycles. The Morgan fingerprint density at radius 3 is 0.628 bits per heavy atom. The van der Waals surface area contributed by atoms with Crippen LogP contribution in [0, 0.1) is 0 Å². The summed E-state index contributed by atoms with van der Waals surface area (Å²) < 4.78 is 18.9. The first-order valence-electron chi connectivity index (χ1n) is 32.4. The van der Waals surface area contributed by atoms with Gasteiger partial charge < -0.3 is 14.2 Å². The summed E-state index contributed by atoms with van der Waals surface area (Å²) in [5.74, 6) is 1.77. The van der Waals surface area contributed by atoms with Crippen molar-refractivity contribution in [3.63, 3.8) is 0 Å². The van der Waals surface area contributed by atoms with Crippen molar-refractivity contribution >= 4 is 53.2 Å². The first-order chi connectivity index (χ1) is 38.3. The molecule has 0 aliphatic heterocycles. The van der Waals surface area contributed by atoms with E-state index in [9.17, 15) is 28.8 Å². The molecule has 1 aromatic heterocycles. The van der Waals surface area contributed by atoms with Crippen LogP contribution in [0.3, 0.4) is 0 Å². The summed E-state index contributed by atoms with van der Waals surface area (Å²) in [7, 11) is 0. The minimum Gasteiger partial charge on any atom is -0.463 e. The smallest absolute Gasteiger partial charge is 0.336 e. The van der Waals surface area contributed by atoms with E-state index in [-0.39, 0.29) is 56.7 Å².